The summed E-state index contributed by atoms with van der Waals surface area (Å²) in [4.78, 5) is 26.0. The van der Waals surface area contributed by atoms with Gasteiger partial charge >= 0.3 is 0 Å². The highest BCUT2D eigenvalue weighted by atomic mass is 32.2. The van der Waals surface area contributed by atoms with Gasteiger partial charge in [0.25, 0.3) is 11.8 Å². The summed E-state index contributed by atoms with van der Waals surface area (Å²) < 4.78 is 7.29. The molecular formula is C20H20N4O3S. The zero-order valence-electron chi connectivity index (χ0n) is 15.7. The third-order valence-corrected chi connectivity index (χ3v) is 5.93. The Labute approximate surface area is 166 Å². The van der Waals surface area contributed by atoms with Gasteiger partial charge < -0.3 is 8.98 Å². The number of hydrogen-bond donors (Lipinski definition) is 0. The normalized spacial score (nSPS) is 13.4. The van der Waals surface area contributed by atoms with Gasteiger partial charge in [-0.3, -0.25) is 14.5 Å². The fourth-order valence-corrected chi connectivity index (χ4v) is 4.18. The van der Waals surface area contributed by atoms with Crippen LogP contribution in [0.1, 0.15) is 39.3 Å². The SMILES string of the molecule is Cc1occc1-c1nnc(SCCCCN2C(=O)c3ccccc3C2=O)n1C. The van der Waals surface area contributed by atoms with Crippen molar-refractivity contribution in [3.05, 3.63) is 53.5 Å². The molecule has 0 saturated carbocycles. The van der Waals surface area contributed by atoms with E-state index < -0.39 is 0 Å². The Bertz CT molecular complexity index is 1000. The van der Waals surface area contributed by atoms with E-state index >= 15 is 0 Å². The van der Waals surface area contributed by atoms with Gasteiger partial charge in [-0.05, 0) is 38.0 Å². The molecule has 0 radical (unpaired) electrons. The molecule has 2 aromatic heterocycles. The number of amides is 2. The number of unbranched alkanes of at least 4 members (excludes halogenated alkanes) is 1. The number of fused-ring (bicyclic) bond motifs is 1. The predicted molar refractivity (Wildman–Crippen MR) is 105 cm³/mol. The fraction of sp³-hybridized carbons (Fsp3) is 0.300. The zero-order valence-corrected chi connectivity index (χ0v) is 16.5. The second kappa shape index (κ2) is 7.63. The van der Waals surface area contributed by atoms with Gasteiger partial charge in [-0.1, -0.05) is 23.9 Å². The molecule has 8 heteroatoms. The molecule has 4 rings (SSSR count). The van der Waals surface area contributed by atoms with E-state index in [2.05, 4.69) is 10.2 Å². The maximum Gasteiger partial charge on any atom is 0.261 e. The molecular weight excluding hydrogens is 376 g/mol. The van der Waals surface area contributed by atoms with Crippen molar-refractivity contribution < 1.29 is 14.0 Å². The minimum Gasteiger partial charge on any atom is -0.469 e. The fourth-order valence-electron chi connectivity index (χ4n) is 3.27. The minimum absolute atomic E-state index is 0.193. The van der Waals surface area contributed by atoms with Gasteiger partial charge in [0.05, 0.1) is 23.0 Å². The van der Waals surface area contributed by atoms with Gasteiger partial charge in [-0.2, -0.15) is 0 Å². The van der Waals surface area contributed by atoms with Crippen molar-refractivity contribution in [2.24, 2.45) is 7.05 Å². The standard InChI is InChI=1S/C20H20N4O3S/c1-13-14(9-11-27-13)17-21-22-20(23(17)2)28-12-6-5-10-24-18(25)15-7-3-4-8-16(15)19(24)26/h3-4,7-9,11H,5-6,10,12H2,1-2H3. The van der Waals surface area contributed by atoms with Crippen LogP contribution in [0.2, 0.25) is 0 Å². The highest BCUT2D eigenvalue weighted by Crippen LogP contribution is 2.27. The van der Waals surface area contributed by atoms with Crippen LogP contribution in [0.3, 0.4) is 0 Å². The Hall–Kier alpha value is -2.87. The number of hydrogen-bond acceptors (Lipinski definition) is 6. The maximum atomic E-state index is 12.4. The zero-order chi connectivity index (χ0) is 19.7. The number of aryl methyl sites for hydroxylation is 1. The molecule has 0 unspecified atom stereocenters. The van der Waals surface area contributed by atoms with Gasteiger partial charge in [-0.25, -0.2) is 0 Å². The molecule has 0 atom stereocenters. The molecule has 1 aromatic carbocycles. The molecule has 0 fully saturated rings. The summed E-state index contributed by atoms with van der Waals surface area (Å²) >= 11 is 1.61. The van der Waals surface area contributed by atoms with Crippen molar-refractivity contribution >= 4 is 23.6 Å². The molecule has 0 N–H and O–H groups in total. The molecule has 1 aliphatic heterocycles. The monoisotopic (exact) mass is 396 g/mol. The van der Waals surface area contributed by atoms with E-state index in [4.69, 9.17) is 4.42 Å². The lowest BCUT2D eigenvalue weighted by atomic mass is 10.1. The lowest BCUT2D eigenvalue weighted by molar-refractivity contribution is 0.0652. The Morgan fingerprint density at radius 2 is 1.71 bits per heavy atom. The summed E-state index contributed by atoms with van der Waals surface area (Å²) in [6.45, 7) is 2.33. The molecule has 7 nitrogen and oxygen atoms in total. The average Bonchev–Trinajstić information content (AvgIpc) is 3.34. The van der Waals surface area contributed by atoms with E-state index in [1.165, 1.54) is 4.90 Å². The van der Waals surface area contributed by atoms with Crippen molar-refractivity contribution in [1.29, 1.82) is 0 Å². The molecule has 3 aromatic rings. The molecule has 144 valence electrons. The van der Waals surface area contributed by atoms with E-state index in [1.54, 1.807) is 42.3 Å². The van der Waals surface area contributed by atoms with Gasteiger partial charge in [-0.15, -0.1) is 10.2 Å². The summed E-state index contributed by atoms with van der Waals surface area (Å²) in [6.07, 6.45) is 3.26. The highest BCUT2D eigenvalue weighted by Gasteiger charge is 2.34. The Morgan fingerprint density at radius 1 is 1.00 bits per heavy atom. The van der Waals surface area contributed by atoms with Crippen molar-refractivity contribution in [2.45, 2.75) is 24.9 Å². The first-order chi connectivity index (χ1) is 13.6. The van der Waals surface area contributed by atoms with Crippen LogP contribution in [-0.2, 0) is 7.05 Å². The maximum absolute atomic E-state index is 12.4. The van der Waals surface area contributed by atoms with Crippen molar-refractivity contribution in [2.75, 3.05) is 12.3 Å². The van der Waals surface area contributed by atoms with Crippen LogP contribution < -0.4 is 0 Å². The van der Waals surface area contributed by atoms with Crippen LogP contribution in [0.4, 0.5) is 0 Å². The van der Waals surface area contributed by atoms with E-state index in [9.17, 15) is 9.59 Å². The van der Waals surface area contributed by atoms with Crippen LogP contribution in [0, 0.1) is 6.92 Å². The first-order valence-electron chi connectivity index (χ1n) is 9.10. The van der Waals surface area contributed by atoms with Crippen molar-refractivity contribution in [1.82, 2.24) is 19.7 Å². The lowest BCUT2D eigenvalue weighted by Crippen LogP contribution is -2.30. The second-order valence-electron chi connectivity index (χ2n) is 6.62. The van der Waals surface area contributed by atoms with Crippen LogP contribution in [0.15, 0.2) is 46.2 Å². The van der Waals surface area contributed by atoms with Crippen molar-refractivity contribution in [3.63, 3.8) is 0 Å². The number of rotatable bonds is 7. The summed E-state index contributed by atoms with van der Waals surface area (Å²) in [7, 11) is 1.93. The molecule has 3 heterocycles. The molecule has 0 bridgehead atoms. The Kier molecular flexibility index (Phi) is 5.04. The summed E-state index contributed by atoms with van der Waals surface area (Å²) in [5.41, 5.74) is 1.94. The number of nitrogens with zero attached hydrogens (tertiary/aromatic N) is 4. The van der Waals surface area contributed by atoms with Gasteiger partial charge in [0.2, 0.25) is 0 Å². The van der Waals surface area contributed by atoms with Gasteiger partial charge in [0, 0.05) is 19.3 Å². The number of carbonyl (C=O) groups is 2. The smallest absolute Gasteiger partial charge is 0.261 e. The molecule has 0 spiro atoms. The number of imide groups is 1. The van der Waals surface area contributed by atoms with Crippen LogP contribution >= 0.6 is 11.8 Å². The average molecular weight is 396 g/mol. The summed E-state index contributed by atoms with van der Waals surface area (Å²) in [5, 5.41) is 9.34. The number of aromatic nitrogens is 3. The van der Waals surface area contributed by atoms with E-state index in [0.29, 0.717) is 17.7 Å². The van der Waals surface area contributed by atoms with Crippen molar-refractivity contribution in [3.8, 4) is 11.4 Å². The number of furan rings is 1. The van der Waals surface area contributed by atoms with Gasteiger partial charge in [0.15, 0.2) is 11.0 Å². The predicted octanol–water partition coefficient (Wildman–Crippen LogP) is 3.55. The van der Waals surface area contributed by atoms with E-state index in [1.807, 2.05) is 24.6 Å². The molecule has 0 saturated heterocycles. The van der Waals surface area contributed by atoms with Crippen LogP contribution in [0.25, 0.3) is 11.4 Å². The lowest BCUT2D eigenvalue weighted by Gasteiger charge is -2.13. The molecule has 28 heavy (non-hydrogen) atoms. The first kappa shape index (κ1) is 18.5. The summed E-state index contributed by atoms with van der Waals surface area (Å²) in [5.74, 6) is 2.04. The Balaban J connectivity index is 1.28. The van der Waals surface area contributed by atoms with Crippen LogP contribution in [0.5, 0.6) is 0 Å². The largest absolute Gasteiger partial charge is 0.469 e. The highest BCUT2D eigenvalue weighted by molar-refractivity contribution is 7.99. The van der Waals surface area contributed by atoms with E-state index in [0.717, 1.165) is 40.9 Å². The number of carbonyl (C=O) groups excluding carboxylic acids is 2. The quantitative estimate of drug-likeness (QED) is 0.345. The summed E-state index contributed by atoms with van der Waals surface area (Å²) in [6, 6.07) is 8.86. The number of benzene rings is 1. The second-order valence-corrected chi connectivity index (χ2v) is 7.68. The third-order valence-electron chi connectivity index (χ3n) is 4.82. The Morgan fingerprint density at radius 3 is 2.36 bits per heavy atom. The molecule has 0 aliphatic carbocycles. The number of thioether (sulfide) groups is 1. The topological polar surface area (TPSA) is 81.2 Å². The third kappa shape index (κ3) is 3.24. The van der Waals surface area contributed by atoms with Gasteiger partial charge in [0.1, 0.15) is 5.76 Å². The first-order valence-corrected chi connectivity index (χ1v) is 10.1. The minimum atomic E-state index is -0.193. The molecule has 1 aliphatic rings. The van der Waals surface area contributed by atoms with Crippen LogP contribution in [-0.4, -0.2) is 43.8 Å². The van der Waals surface area contributed by atoms with E-state index in [-0.39, 0.29) is 11.8 Å². The molecule has 2 amide bonds.